The summed E-state index contributed by atoms with van der Waals surface area (Å²) >= 11 is 0. The largest absolute Gasteiger partial charge is 0.480 e. The van der Waals surface area contributed by atoms with E-state index in [4.69, 9.17) is 5.11 Å². The van der Waals surface area contributed by atoms with Gasteiger partial charge in [-0.2, -0.15) is 5.10 Å². The molecule has 0 aliphatic rings. The van der Waals surface area contributed by atoms with Crippen molar-refractivity contribution in [1.82, 2.24) is 9.78 Å². The number of sulfonamides is 1. The Labute approximate surface area is 122 Å². The van der Waals surface area contributed by atoms with Crippen LogP contribution in [0.5, 0.6) is 0 Å². The van der Waals surface area contributed by atoms with Crippen molar-refractivity contribution in [2.24, 2.45) is 0 Å². The van der Waals surface area contributed by atoms with Crippen molar-refractivity contribution in [2.45, 2.75) is 24.8 Å². The monoisotopic (exact) mass is 309 g/mol. The molecule has 1 heterocycles. The van der Waals surface area contributed by atoms with Gasteiger partial charge in [0, 0.05) is 6.20 Å². The molecule has 21 heavy (non-hydrogen) atoms. The van der Waals surface area contributed by atoms with Gasteiger partial charge in [-0.1, -0.05) is 19.1 Å². The fraction of sp³-hybridized carbons (Fsp3) is 0.231. The van der Waals surface area contributed by atoms with Crippen LogP contribution in [0.3, 0.4) is 0 Å². The van der Waals surface area contributed by atoms with Crippen LogP contribution in [0.15, 0.2) is 41.6 Å². The van der Waals surface area contributed by atoms with Gasteiger partial charge in [0.05, 0.1) is 16.8 Å². The zero-order chi connectivity index (χ0) is 15.5. The number of carboxylic acids is 1. The van der Waals surface area contributed by atoms with E-state index in [0.717, 1.165) is 16.7 Å². The van der Waals surface area contributed by atoms with Crippen LogP contribution in [0.25, 0.3) is 0 Å². The molecule has 0 radical (unpaired) electrons. The van der Waals surface area contributed by atoms with E-state index in [9.17, 15) is 13.2 Å². The van der Waals surface area contributed by atoms with Crippen LogP contribution in [0.2, 0.25) is 0 Å². The second kappa shape index (κ2) is 5.96. The molecule has 0 aliphatic heterocycles. The van der Waals surface area contributed by atoms with Gasteiger partial charge in [0.25, 0.3) is 10.0 Å². The van der Waals surface area contributed by atoms with E-state index in [1.54, 1.807) is 12.1 Å². The molecule has 0 bridgehead atoms. The van der Waals surface area contributed by atoms with E-state index >= 15 is 0 Å². The third-order valence-electron chi connectivity index (χ3n) is 2.82. The number of hydrogen-bond acceptors (Lipinski definition) is 4. The summed E-state index contributed by atoms with van der Waals surface area (Å²) in [4.78, 5) is 10.7. The molecule has 0 saturated carbocycles. The summed E-state index contributed by atoms with van der Waals surface area (Å²) in [5, 5.41) is 12.4. The number of nitrogens with zero attached hydrogens (tertiary/aromatic N) is 2. The minimum atomic E-state index is -3.70. The molecule has 2 rings (SSSR count). The second-order valence-electron chi connectivity index (χ2n) is 4.42. The Morgan fingerprint density at radius 1 is 1.33 bits per heavy atom. The second-order valence-corrected chi connectivity index (χ2v) is 6.11. The Morgan fingerprint density at radius 2 is 2.00 bits per heavy atom. The minimum absolute atomic E-state index is 0.144. The molecular formula is C13H15N3O4S. The van der Waals surface area contributed by atoms with E-state index in [1.165, 1.54) is 24.5 Å². The summed E-state index contributed by atoms with van der Waals surface area (Å²) in [6.07, 6.45) is 3.42. The summed E-state index contributed by atoms with van der Waals surface area (Å²) in [7, 11) is -3.70. The molecule has 0 fully saturated rings. The predicted molar refractivity (Wildman–Crippen MR) is 76.5 cm³/mol. The average Bonchev–Trinajstić information content (AvgIpc) is 2.84. The van der Waals surface area contributed by atoms with Crippen molar-refractivity contribution in [1.29, 1.82) is 0 Å². The van der Waals surface area contributed by atoms with Crippen LogP contribution in [0.4, 0.5) is 5.69 Å². The summed E-state index contributed by atoms with van der Waals surface area (Å²) in [5.41, 5.74) is 1.26. The van der Waals surface area contributed by atoms with Crippen LogP contribution in [0.1, 0.15) is 12.5 Å². The van der Waals surface area contributed by atoms with Gasteiger partial charge in [-0.3, -0.25) is 14.2 Å². The summed E-state index contributed by atoms with van der Waals surface area (Å²) in [6.45, 7) is 1.66. The first kappa shape index (κ1) is 15.0. The van der Waals surface area contributed by atoms with E-state index in [0.29, 0.717) is 0 Å². The van der Waals surface area contributed by atoms with Gasteiger partial charge in [-0.05, 0) is 24.1 Å². The number of aliphatic carboxylic acids is 1. The maximum absolute atomic E-state index is 12.2. The molecule has 8 heteroatoms. The number of rotatable bonds is 6. The molecule has 1 aromatic carbocycles. The van der Waals surface area contributed by atoms with Gasteiger partial charge in [-0.25, -0.2) is 8.42 Å². The molecule has 7 nitrogen and oxygen atoms in total. The first-order valence-corrected chi connectivity index (χ1v) is 7.75. The number of anilines is 1. The Balaban J connectivity index is 2.16. The lowest BCUT2D eigenvalue weighted by atomic mass is 10.2. The van der Waals surface area contributed by atoms with E-state index in [2.05, 4.69) is 9.82 Å². The number of benzene rings is 1. The molecule has 1 aromatic heterocycles. The van der Waals surface area contributed by atoms with Crippen molar-refractivity contribution in [3.63, 3.8) is 0 Å². The van der Waals surface area contributed by atoms with Gasteiger partial charge >= 0.3 is 5.97 Å². The van der Waals surface area contributed by atoms with Crippen LogP contribution >= 0.6 is 0 Å². The number of carboxylic acid groups (broad SMARTS) is 1. The Kier molecular flexibility index (Phi) is 4.27. The molecule has 0 saturated heterocycles. The van der Waals surface area contributed by atoms with Crippen LogP contribution in [-0.4, -0.2) is 29.3 Å². The average molecular weight is 309 g/mol. The van der Waals surface area contributed by atoms with Gasteiger partial charge in [0.1, 0.15) is 6.54 Å². The highest BCUT2D eigenvalue weighted by atomic mass is 32.2. The number of carbonyl (C=O) groups is 1. The Bertz CT molecular complexity index is 735. The van der Waals surface area contributed by atoms with Gasteiger partial charge in [-0.15, -0.1) is 0 Å². The molecule has 0 amide bonds. The van der Waals surface area contributed by atoms with E-state index in [-0.39, 0.29) is 17.1 Å². The van der Waals surface area contributed by atoms with Crippen molar-refractivity contribution in [2.75, 3.05) is 4.72 Å². The smallest absolute Gasteiger partial charge is 0.325 e. The molecule has 2 aromatic rings. The summed E-state index contributed by atoms with van der Waals surface area (Å²) in [6, 6.07) is 6.57. The van der Waals surface area contributed by atoms with E-state index < -0.39 is 16.0 Å². The molecule has 0 atom stereocenters. The maximum atomic E-state index is 12.2. The molecule has 112 valence electrons. The molecule has 2 N–H and O–H groups in total. The van der Waals surface area contributed by atoms with Crippen molar-refractivity contribution in [3.05, 3.63) is 42.2 Å². The maximum Gasteiger partial charge on any atom is 0.325 e. The van der Waals surface area contributed by atoms with Gasteiger partial charge < -0.3 is 5.11 Å². The summed E-state index contributed by atoms with van der Waals surface area (Å²) in [5.74, 6) is -1.05. The van der Waals surface area contributed by atoms with Crippen LogP contribution in [0, 0.1) is 0 Å². The lowest BCUT2D eigenvalue weighted by Gasteiger charge is -2.06. The molecular weight excluding hydrogens is 294 g/mol. The SMILES string of the molecule is CCc1ccc(S(=O)(=O)Nc2cnn(CC(=O)O)c2)cc1. The Morgan fingerprint density at radius 3 is 2.57 bits per heavy atom. The minimum Gasteiger partial charge on any atom is -0.480 e. The van der Waals surface area contributed by atoms with Crippen LogP contribution < -0.4 is 4.72 Å². The highest BCUT2D eigenvalue weighted by Gasteiger charge is 2.15. The van der Waals surface area contributed by atoms with Crippen LogP contribution in [-0.2, 0) is 27.8 Å². The zero-order valence-corrected chi connectivity index (χ0v) is 12.2. The molecule has 0 aliphatic carbocycles. The standard InChI is InChI=1S/C13H15N3O4S/c1-2-10-3-5-12(6-4-10)21(19,20)15-11-7-14-16(8-11)9-13(17)18/h3-8,15H,2,9H2,1H3,(H,17,18). The third kappa shape index (κ3) is 3.82. The highest BCUT2D eigenvalue weighted by Crippen LogP contribution is 2.16. The highest BCUT2D eigenvalue weighted by molar-refractivity contribution is 7.92. The van der Waals surface area contributed by atoms with Crippen molar-refractivity contribution in [3.8, 4) is 0 Å². The first-order valence-electron chi connectivity index (χ1n) is 6.26. The van der Waals surface area contributed by atoms with Crippen molar-refractivity contribution >= 4 is 21.7 Å². The number of aromatic nitrogens is 2. The summed E-state index contributed by atoms with van der Waals surface area (Å²) < 4.78 is 27.8. The van der Waals surface area contributed by atoms with Gasteiger partial charge in [0.2, 0.25) is 0 Å². The number of nitrogens with one attached hydrogen (secondary N) is 1. The normalized spacial score (nSPS) is 11.3. The van der Waals surface area contributed by atoms with Crippen molar-refractivity contribution < 1.29 is 18.3 Å². The fourth-order valence-corrected chi connectivity index (χ4v) is 2.79. The topological polar surface area (TPSA) is 101 Å². The lowest BCUT2D eigenvalue weighted by Crippen LogP contribution is -2.13. The van der Waals surface area contributed by atoms with E-state index in [1.807, 2.05) is 6.92 Å². The predicted octanol–water partition coefficient (Wildman–Crippen LogP) is 1.33. The third-order valence-corrected chi connectivity index (χ3v) is 4.22. The number of aryl methyl sites for hydroxylation is 1. The first-order chi connectivity index (χ1) is 9.90. The zero-order valence-electron chi connectivity index (χ0n) is 11.4. The quantitative estimate of drug-likeness (QED) is 0.838. The number of hydrogen-bond donors (Lipinski definition) is 2. The van der Waals surface area contributed by atoms with Gasteiger partial charge in [0.15, 0.2) is 0 Å². The molecule has 0 spiro atoms. The fourth-order valence-electron chi connectivity index (χ4n) is 1.76. The lowest BCUT2D eigenvalue weighted by molar-refractivity contribution is -0.137. The Hall–Kier alpha value is -2.35. The molecule has 0 unspecified atom stereocenters.